The van der Waals surface area contributed by atoms with E-state index in [4.69, 9.17) is 0 Å². The van der Waals surface area contributed by atoms with Crippen molar-refractivity contribution < 1.29 is 14.7 Å². The van der Waals surface area contributed by atoms with E-state index in [0.717, 1.165) is 17.3 Å². The molecule has 6 nitrogen and oxygen atoms in total. The molecule has 2 rings (SSSR count). The number of nitrogens with zero attached hydrogens (tertiary/aromatic N) is 2. The number of benzene rings is 1. The fraction of sp³-hybridized carbons (Fsp3) is 0.167. The van der Waals surface area contributed by atoms with Crippen molar-refractivity contribution in [2.75, 3.05) is 0 Å². The summed E-state index contributed by atoms with van der Waals surface area (Å²) in [6, 6.07) is 9.36. The van der Waals surface area contributed by atoms with Crippen LogP contribution in [-0.2, 0) is 9.59 Å². The normalized spacial score (nSPS) is 20.9. The Morgan fingerprint density at radius 3 is 2.84 bits per heavy atom. The number of carbonyl (C=O) groups is 2. The highest BCUT2D eigenvalue weighted by molar-refractivity contribution is 8.15. The molecule has 98 valence electrons. The lowest BCUT2D eigenvalue weighted by Gasteiger charge is -2.04. The van der Waals surface area contributed by atoms with Crippen LogP contribution in [0.2, 0.25) is 0 Å². The molecular formula is C12H10N3O3S-. The molecule has 0 aromatic heterocycles. The molecule has 0 radical (unpaired) electrons. The van der Waals surface area contributed by atoms with Crippen LogP contribution >= 0.6 is 11.8 Å². The molecule has 1 saturated heterocycles. The van der Waals surface area contributed by atoms with E-state index in [0.29, 0.717) is 5.17 Å². The van der Waals surface area contributed by atoms with Crippen molar-refractivity contribution in [1.29, 1.82) is 0 Å². The summed E-state index contributed by atoms with van der Waals surface area (Å²) in [5.41, 5.74) is 0.882. The van der Waals surface area contributed by atoms with Gasteiger partial charge in [-0.25, -0.2) is 0 Å². The molecule has 7 heteroatoms. The van der Waals surface area contributed by atoms with E-state index in [1.807, 2.05) is 30.3 Å². The maximum Gasteiger partial charge on any atom is 0.239 e. The minimum absolute atomic E-state index is 0.295. The Hall–Kier alpha value is -2.15. The molecule has 0 aliphatic carbocycles. The summed E-state index contributed by atoms with van der Waals surface area (Å²) in [4.78, 5) is 21.8. The van der Waals surface area contributed by atoms with Gasteiger partial charge in [-0.15, -0.1) is 5.10 Å². The second kappa shape index (κ2) is 6.14. The molecule has 1 amide bonds. The molecule has 0 spiro atoms. The second-order valence-corrected chi connectivity index (χ2v) is 4.92. The first-order chi connectivity index (χ1) is 9.15. The molecule has 1 atom stereocenters. The number of carboxylic acid groups (broad SMARTS) is 1. The number of nitrogens with one attached hydrogen (secondary N) is 1. The first kappa shape index (κ1) is 13.3. The Morgan fingerprint density at radius 2 is 2.16 bits per heavy atom. The number of carbonyl (C=O) groups excluding carboxylic acids is 2. The van der Waals surface area contributed by atoms with Gasteiger partial charge in [0.25, 0.3) is 0 Å². The number of thioether (sulfide) groups is 1. The molecule has 0 bridgehead atoms. The van der Waals surface area contributed by atoms with E-state index in [-0.39, 0.29) is 12.3 Å². The lowest BCUT2D eigenvalue weighted by molar-refractivity contribution is -0.305. The SMILES string of the molecule is O=C([O-])C[C@H]1S/C(=N/N=C\c2ccccc2)NC1=O. The average Bonchev–Trinajstić information content (AvgIpc) is 2.70. The van der Waals surface area contributed by atoms with Gasteiger partial charge in [-0.2, -0.15) is 5.10 Å². The van der Waals surface area contributed by atoms with E-state index >= 15 is 0 Å². The number of carboxylic acids is 1. The summed E-state index contributed by atoms with van der Waals surface area (Å²) in [7, 11) is 0. The third-order valence-corrected chi connectivity index (χ3v) is 3.36. The standard InChI is InChI=1S/C12H11N3O3S/c16-10(17)6-9-11(18)14-12(19-9)15-13-7-8-4-2-1-3-5-8/h1-5,7,9H,6H2,(H,16,17)(H,14,15,18)/p-1/b13-7-/t9-/m1/s1. The molecule has 1 heterocycles. The highest BCUT2D eigenvalue weighted by atomic mass is 32.2. The minimum Gasteiger partial charge on any atom is -0.550 e. The molecule has 0 saturated carbocycles. The van der Waals surface area contributed by atoms with Crippen molar-refractivity contribution in [3.63, 3.8) is 0 Å². The van der Waals surface area contributed by atoms with Crippen molar-refractivity contribution in [3.05, 3.63) is 35.9 Å². The van der Waals surface area contributed by atoms with Crippen molar-refractivity contribution >= 4 is 35.0 Å². The van der Waals surface area contributed by atoms with Crippen LogP contribution in [0.3, 0.4) is 0 Å². The molecule has 1 N–H and O–H groups in total. The average molecular weight is 276 g/mol. The van der Waals surface area contributed by atoms with Crippen LogP contribution in [0.1, 0.15) is 12.0 Å². The van der Waals surface area contributed by atoms with Crippen molar-refractivity contribution in [2.24, 2.45) is 10.2 Å². The van der Waals surface area contributed by atoms with E-state index in [1.165, 1.54) is 0 Å². The number of hydrogen-bond donors (Lipinski definition) is 1. The van der Waals surface area contributed by atoms with E-state index in [2.05, 4.69) is 15.5 Å². The summed E-state index contributed by atoms with van der Waals surface area (Å²) in [6.07, 6.45) is 1.21. The lowest BCUT2D eigenvalue weighted by Crippen LogP contribution is -2.31. The Labute approximate surface area is 113 Å². The van der Waals surface area contributed by atoms with Crippen LogP contribution in [0.4, 0.5) is 0 Å². The maximum absolute atomic E-state index is 11.4. The first-order valence-electron chi connectivity index (χ1n) is 5.48. The van der Waals surface area contributed by atoms with Gasteiger partial charge >= 0.3 is 0 Å². The molecule has 19 heavy (non-hydrogen) atoms. The molecular weight excluding hydrogens is 266 g/mol. The van der Waals surface area contributed by atoms with Gasteiger partial charge in [-0.1, -0.05) is 42.1 Å². The number of amides is 1. The zero-order valence-corrected chi connectivity index (χ0v) is 10.6. The third-order valence-electron chi connectivity index (χ3n) is 2.28. The smallest absolute Gasteiger partial charge is 0.239 e. The van der Waals surface area contributed by atoms with E-state index < -0.39 is 11.2 Å². The quantitative estimate of drug-likeness (QED) is 0.606. The Balaban J connectivity index is 1.96. The summed E-state index contributed by atoms with van der Waals surface area (Å²) in [5.74, 6) is -1.65. The zero-order chi connectivity index (χ0) is 13.7. The number of rotatable bonds is 4. The van der Waals surface area contributed by atoms with Crippen LogP contribution in [0.15, 0.2) is 40.5 Å². The van der Waals surface area contributed by atoms with Gasteiger partial charge in [-0.05, 0) is 5.56 Å². The monoisotopic (exact) mass is 276 g/mol. The van der Waals surface area contributed by atoms with Crippen LogP contribution < -0.4 is 10.4 Å². The van der Waals surface area contributed by atoms with Crippen LogP contribution in [-0.4, -0.2) is 28.5 Å². The zero-order valence-electron chi connectivity index (χ0n) is 9.78. The number of aliphatic carboxylic acids is 1. The highest BCUT2D eigenvalue weighted by Gasteiger charge is 2.30. The van der Waals surface area contributed by atoms with Gasteiger partial charge in [0.1, 0.15) is 0 Å². The van der Waals surface area contributed by atoms with Gasteiger partial charge in [-0.3, -0.25) is 4.79 Å². The number of amidine groups is 1. The largest absolute Gasteiger partial charge is 0.550 e. The van der Waals surface area contributed by atoms with Gasteiger partial charge < -0.3 is 15.2 Å². The Kier molecular flexibility index (Phi) is 4.30. The summed E-state index contributed by atoms with van der Waals surface area (Å²) in [5, 5.41) is 20.2. The molecule has 1 aromatic rings. The van der Waals surface area contributed by atoms with Crippen molar-refractivity contribution in [1.82, 2.24) is 5.32 Å². The fourth-order valence-electron chi connectivity index (χ4n) is 1.43. The fourth-order valence-corrected chi connectivity index (χ4v) is 2.33. The van der Waals surface area contributed by atoms with Gasteiger partial charge in [0.2, 0.25) is 5.91 Å². The first-order valence-corrected chi connectivity index (χ1v) is 6.36. The molecule has 0 unspecified atom stereocenters. The Bertz CT molecular complexity index is 542. The molecule has 1 fully saturated rings. The molecule has 1 aromatic carbocycles. The van der Waals surface area contributed by atoms with Gasteiger partial charge in [0.05, 0.1) is 11.5 Å². The van der Waals surface area contributed by atoms with Crippen LogP contribution in [0, 0.1) is 0 Å². The van der Waals surface area contributed by atoms with Crippen LogP contribution in [0.5, 0.6) is 0 Å². The van der Waals surface area contributed by atoms with Crippen molar-refractivity contribution in [2.45, 2.75) is 11.7 Å². The third kappa shape index (κ3) is 3.92. The molecule has 1 aliphatic heterocycles. The number of hydrogen-bond acceptors (Lipinski definition) is 6. The minimum atomic E-state index is -1.26. The highest BCUT2D eigenvalue weighted by Crippen LogP contribution is 2.21. The summed E-state index contributed by atoms with van der Waals surface area (Å²) >= 11 is 1.04. The van der Waals surface area contributed by atoms with E-state index in [9.17, 15) is 14.7 Å². The Morgan fingerprint density at radius 1 is 1.42 bits per heavy atom. The van der Waals surface area contributed by atoms with Crippen LogP contribution in [0.25, 0.3) is 0 Å². The van der Waals surface area contributed by atoms with Crippen molar-refractivity contribution in [3.8, 4) is 0 Å². The second-order valence-electron chi connectivity index (χ2n) is 3.73. The predicted molar refractivity (Wildman–Crippen MR) is 70.6 cm³/mol. The predicted octanol–water partition coefficient (Wildman–Crippen LogP) is -0.252. The maximum atomic E-state index is 11.4. The summed E-state index contributed by atoms with van der Waals surface area (Å²) in [6.45, 7) is 0. The lowest BCUT2D eigenvalue weighted by atomic mass is 10.2. The van der Waals surface area contributed by atoms with Gasteiger partial charge in [0.15, 0.2) is 5.17 Å². The summed E-state index contributed by atoms with van der Waals surface area (Å²) < 4.78 is 0. The topological polar surface area (TPSA) is 93.9 Å². The van der Waals surface area contributed by atoms with E-state index in [1.54, 1.807) is 6.21 Å². The molecule has 1 aliphatic rings. The van der Waals surface area contributed by atoms with Gasteiger partial charge in [0, 0.05) is 12.4 Å².